The van der Waals surface area contributed by atoms with Crippen molar-refractivity contribution in [2.24, 2.45) is 29.1 Å². The molecule has 1 aromatic rings. The number of ketones is 1. The summed E-state index contributed by atoms with van der Waals surface area (Å²) in [5.74, 6) is 0.499. The first-order valence-corrected chi connectivity index (χ1v) is 22.4. The quantitative estimate of drug-likeness (QED) is 0.0428. The predicted octanol–water partition coefficient (Wildman–Crippen LogP) is 10.0. The Morgan fingerprint density at radius 3 is 2.19 bits per heavy atom. The van der Waals surface area contributed by atoms with Gasteiger partial charge in [0.1, 0.15) is 18.3 Å². The third-order valence-corrected chi connectivity index (χ3v) is 19.0. The number of carbonyl (C=O) groups is 2. The zero-order chi connectivity index (χ0) is 38.9. The van der Waals surface area contributed by atoms with Gasteiger partial charge in [-0.25, -0.2) is 0 Å². The van der Waals surface area contributed by atoms with E-state index in [0.29, 0.717) is 62.3 Å². The van der Waals surface area contributed by atoms with E-state index >= 15 is 0 Å². The van der Waals surface area contributed by atoms with Crippen LogP contribution in [-0.2, 0) is 39.6 Å². The Labute approximate surface area is 321 Å². The van der Waals surface area contributed by atoms with Gasteiger partial charge in [0, 0.05) is 32.7 Å². The van der Waals surface area contributed by atoms with E-state index in [4.69, 9.17) is 28.1 Å². The zero-order valence-electron chi connectivity index (χ0n) is 34.8. The summed E-state index contributed by atoms with van der Waals surface area (Å²) >= 11 is 0. The number of ether oxygens (including phenoxy) is 5. The number of benzene rings is 1. The van der Waals surface area contributed by atoms with Crippen molar-refractivity contribution in [3.05, 3.63) is 52.6 Å². The van der Waals surface area contributed by atoms with E-state index in [2.05, 4.69) is 61.5 Å². The van der Waals surface area contributed by atoms with Crippen LogP contribution in [0.3, 0.4) is 0 Å². The van der Waals surface area contributed by atoms with Crippen molar-refractivity contribution in [3.63, 3.8) is 0 Å². The molecule has 0 amide bonds. The van der Waals surface area contributed by atoms with Gasteiger partial charge in [0.25, 0.3) is 0 Å². The number of carbonyl (C=O) groups excluding carboxylic acids is 2. The van der Waals surface area contributed by atoms with E-state index in [-0.39, 0.29) is 42.4 Å². The molecule has 3 aliphatic rings. The second-order valence-electron chi connectivity index (χ2n) is 16.9. The molecule has 4 rings (SSSR count). The number of hydrogen-bond acceptors (Lipinski definition) is 8. The van der Waals surface area contributed by atoms with E-state index in [1.807, 2.05) is 31.2 Å². The third kappa shape index (κ3) is 9.57. The molecule has 6 atom stereocenters. The van der Waals surface area contributed by atoms with Gasteiger partial charge < -0.3 is 28.1 Å². The fourth-order valence-electron chi connectivity index (χ4n) is 10.7. The first-order chi connectivity index (χ1) is 25.3. The molecule has 0 N–H and O–H groups in total. The lowest BCUT2D eigenvalue weighted by Crippen LogP contribution is -2.56. The normalized spacial score (nSPS) is 26.2. The summed E-state index contributed by atoms with van der Waals surface area (Å²) in [6.45, 7) is 22.4. The van der Waals surface area contributed by atoms with E-state index in [1.54, 1.807) is 14.2 Å². The van der Waals surface area contributed by atoms with E-state index in [1.165, 1.54) is 0 Å². The average molecular weight is 755 g/mol. The number of hydrogen-bond donors (Lipinski definition) is 0. The summed E-state index contributed by atoms with van der Waals surface area (Å²) < 4.78 is 35.9. The van der Waals surface area contributed by atoms with E-state index in [0.717, 1.165) is 53.7 Å². The van der Waals surface area contributed by atoms with Crippen LogP contribution in [-0.4, -0.2) is 67.0 Å². The molecule has 0 heterocycles. The van der Waals surface area contributed by atoms with Gasteiger partial charge >= 0.3 is 5.97 Å². The second kappa shape index (κ2) is 19.5. The first-order valence-electron chi connectivity index (χ1n) is 20.3. The van der Waals surface area contributed by atoms with Crippen LogP contribution in [0.4, 0.5) is 0 Å². The van der Waals surface area contributed by atoms with Gasteiger partial charge in [0.05, 0.1) is 32.3 Å². The Hall–Kier alpha value is -2.30. The minimum Gasteiger partial charge on any atom is -0.497 e. The first kappa shape index (κ1) is 43.4. The summed E-state index contributed by atoms with van der Waals surface area (Å²) in [6, 6.07) is 7.92. The molecule has 0 saturated heterocycles. The zero-order valence-corrected chi connectivity index (χ0v) is 35.8. The lowest BCUT2D eigenvalue weighted by Gasteiger charge is -2.57. The molecule has 0 bridgehead atoms. The maximum Gasteiger partial charge on any atom is 0.313 e. The highest BCUT2D eigenvalue weighted by Gasteiger charge is 2.59. The molecule has 0 aliphatic heterocycles. The van der Waals surface area contributed by atoms with Crippen molar-refractivity contribution in [1.82, 2.24) is 0 Å². The maximum atomic E-state index is 14.7. The average Bonchev–Trinajstić information content (AvgIpc) is 3.11. The van der Waals surface area contributed by atoms with Crippen LogP contribution < -0.4 is 4.74 Å². The molecular weight excluding hydrogens is 685 g/mol. The van der Waals surface area contributed by atoms with Gasteiger partial charge in [-0.15, -0.1) is 0 Å². The smallest absolute Gasteiger partial charge is 0.313 e. The Morgan fingerprint density at radius 2 is 1.58 bits per heavy atom. The summed E-state index contributed by atoms with van der Waals surface area (Å²) in [5.41, 5.74) is 5.57. The molecule has 1 saturated carbocycles. The molecule has 3 aliphatic carbocycles. The monoisotopic (exact) mass is 754 g/mol. The Bertz CT molecular complexity index is 1390. The Kier molecular flexibility index (Phi) is 16.0. The molecule has 0 radical (unpaired) electrons. The molecule has 8 nitrogen and oxygen atoms in total. The number of Topliss-reactive ketones (excluding diaryl/α,β-unsaturated/α-hetero) is 1. The van der Waals surface area contributed by atoms with Crippen molar-refractivity contribution in [1.29, 1.82) is 0 Å². The summed E-state index contributed by atoms with van der Waals surface area (Å²) in [6.07, 6.45) is 7.05. The second-order valence-corrected chi connectivity index (χ2v) is 22.4. The molecule has 1 fully saturated rings. The lowest BCUT2D eigenvalue weighted by atomic mass is 9.46. The highest BCUT2D eigenvalue weighted by Crippen LogP contribution is 2.61. The molecule has 0 spiro atoms. The number of allylic oxidation sites excluding steroid dienone is 2. The number of fused-ring (bicyclic) bond motifs is 3. The van der Waals surface area contributed by atoms with Crippen LogP contribution in [0.5, 0.6) is 5.75 Å². The SMILES string of the molecule is CCOC(=O)[C@@H]1C[C@]2(C)[C@H](C(=O)C[C@H]3[C@H]2CC=C(C)[C@@H]3OCOC)C(CCCO[Si](C(C)C)(C(C)C)C(C)C)=C1CCCOCc1ccc(OC)cc1. The van der Waals surface area contributed by atoms with Crippen molar-refractivity contribution in [3.8, 4) is 5.75 Å². The molecule has 0 aromatic heterocycles. The van der Waals surface area contributed by atoms with Gasteiger partial charge in [-0.2, -0.15) is 0 Å². The van der Waals surface area contributed by atoms with Crippen molar-refractivity contribution in [2.75, 3.05) is 40.8 Å². The molecule has 9 heteroatoms. The van der Waals surface area contributed by atoms with Gasteiger partial charge in [0.2, 0.25) is 0 Å². The van der Waals surface area contributed by atoms with Crippen LogP contribution in [0.15, 0.2) is 47.1 Å². The highest BCUT2D eigenvalue weighted by molar-refractivity contribution is 6.77. The van der Waals surface area contributed by atoms with Crippen LogP contribution in [0.25, 0.3) is 0 Å². The Balaban J connectivity index is 1.68. The van der Waals surface area contributed by atoms with Crippen molar-refractivity contribution < 1.29 is 37.7 Å². The molecule has 1 aromatic carbocycles. The minimum absolute atomic E-state index is 0.0407. The number of esters is 1. The summed E-state index contributed by atoms with van der Waals surface area (Å²) in [5, 5.41) is 0. The highest BCUT2D eigenvalue weighted by atomic mass is 28.4. The maximum absolute atomic E-state index is 14.7. The fraction of sp³-hybridized carbons (Fsp3) is 0.727. The number of rotatable bonds is 20. The molecule has 53 heavy (non-hydrogen) atoms. The van der Waals surface area contributed by atoms with Gasteiger partial charge in [0.15, 0.2) is 8.32 Å². The largest absolute Gasteiger partial charge is 0.497 e. The van der Waals surface area contributed by atoms with Crippen LogP contribution in [0.2, 0.25) is 16.6 Å². The standard InChI is InChI=1S/C44H70O8Si/c1-12-50-43(46)38-26-44(9)39-22-17-32(8)42(51-28-47-10)37(39)25-40(45)41(44)36(16-14-24-52-53(29(2)3,30(4)5)31(6)7)35(38)15-13-23-49-27-33-18-20-34(48-11)21-19-33/h17-21,29-31,37-39,41-42H,12-16,22-28H2,1-11H3/t37-,38+,39+,41-,42-,44-/m0/s1. The van der Waals surface area contributed by atoms with Crippen LogP contribution in [0.1, 0.15) is 113 Å². The van der Waals surface area contributed by atoms with Gasteiger partial charge in [-0.3, -0.25) is 9.59 Å². The minimum atomic E-state index is -2.06. The third-order valence-electron chi connectivity index (χ3n) is 12.9. The molecular formula is C44H70O8Si. The van der Waals surface area contributed by atoms with E-state index in [9.17, 15) is 9.59 Å². The lowest BCUT2D eigenvalue weighted by molar-refractivity contribution is -0.159. The van der Waals surface area contributed by atoms with Crippen LogP contribution >= 0.6 is 0 Å². The van der Waals surface area contributed by atoms with Crippen molar-refractivity contribution in [2.45, 2.75) is 137 Å². The molecule has 298 valence electrons. The summed E-state index contributed by atoms with van der Waals surface area (Å²) in [7, 11) is 1.24. The van der Waals surface area contributed by atoms with Gasteiger partial charge in [-0.1, -0.05) is 77.8 Å². The van der Waals surface area contributed by atoms with Gasteiger partial charge in [-0.05, 0) is 110 Å². The van der Waals surface area contributed by atoms with Crippen molar-refractivity contribution >= 4 is 20.1 Å². The Morgan fingerprint density at radius 1 is 0.943 bits per heavy atom. The molecule has 0 unspecified atom stereocenters. The summed E-state index contributed by atoms with van der Waals surface area (Å²) in [4.78, 5) is 28.7. The topological polar surface area (TPSA) is 89.5 Å². The predicted molar refractivity (Wildman–Crippen MR) is 213 cm³/mol. The number of methoxy groups -OCH3 is 2. The van der Waals surface area contributed by atoms with Crippen LogP contribution in [0, 0.1) is 29.1 Å². The van der Waals surface area contributed by atoms with E-state index < -0.39 is 19.7 Å². The fourth-order valence-corrected chi connectivity index (χ4v) is 16.2.